The number of hydrogen-bond donors (Lipinski definition) is 1. The van der Waals surface area contributed by atoms with Crippen LogP contribution >= 0.6 is 0 Å². The Labute approximate surface area is 127 Å². The first-order valence-corrected chi connectivity index (χ1v) is 7.04. The quantitative estimate of drug-likeness (QED) is 0.870. The van der Waals surface area contributed by atoms with Gasteiger partial charge >= 0.3 is 0 Å². The van der Waals surface area contributed by atoms with Gasteiger partial charge in [0, 0.05) is 38.1 Å². The highest BCUT2D eigenvalue weighted by molar-refractivity contribution is 5.55. The highest BCUT2D eigenvalue weighted by Gasteiger charge is 2.17. The number of piperazine rings is 1. The summed E-state index contributed by atoms with van der Waals surface area (Å²) in [6.07, 6.45) is 2.55. The smallest absolute Gasteiger partial charge is 0.229 e. The minimum absolute atomic E-state index is 0.284. The number of benzene rings is 1. The molecule has 0 bridgehead atoms. The van der Waals surface area contributed by atoms with Crippen LogP contribution in [0, 0.1) is 5.82 Å². The zero-order valence-corrected chi connectivity index (χ0v) is 11.9. The standard InChI is InChI=1S/C15H16FN5O/c16-12-1-3-13(4-2-12)18-15-17-6-5-14(19-15)21-9-7-20(11-22)8-10-21/h1-6,11H,7-10H2,(H,17,18,19). The molecule has 1 aromatic heterocycles. The fourth-order valence-corrected chi connectivity index (χ4v) is 2.30. The second-order valence-corrected chi connectivity index (χ2v) is 5.00. The van der Waals surface area contributed by atoms with Gasteiger partial charge in [0.1, 0.15) is 11.6 Å². The van der Waals surface area contributed by atoms with Crippen LogP contribution in [-0.2, 0) is 4.79 Å². The van der Waals surface area contributed by atoms with Crippen molar-refractivity contribution in [1.29, 1.82) is 0 Å². The maximum atomic E-state index is 12.9. The van der Waals surface area contributed by atoms with Crippen LogP contribution in [0.15, 0.2) is 36.5 Å². The van der Waals surface area contributed by atoms with Crippen LogP contribution in [0.4, 0.5) is 21.8 Å². The van der Waals surface area contributed by atoms with E-state index in [-0.39, 0.29) is 5.82 Å². The third-order valence-electron chi connectivity index (χ3n) is 3.53. The molecule has 2 aromatic rings. The van der Waals surface area contributed by atoms with E-state index >= 15 is 0 Å². The van der Waals surface area contributed by atoms with E-state index in [1.807, 2.05) is 6.07 Å². The number of aromatic nitrogens is 2. The minimum Gasteiger partial charge on any atom is -0.353 e. The largest absolute Gasteiger partial charge is 0.353 e. The normalized spacial score (nSPS) is 14.8. The summed E-state index contributed by atoms with van der Waals surface area (Å²) in [4.78, 5) is 23.2. The maximum Gasteiger partial charge on any atom is 0.229 e. The molecule has 0 spiro atoms. The summed E-state index contributed by atoms with van der Waals surface area (Å²) in [6, 6.07) is 7.87. The molecule has 0 unspecified atom stereocenters. The van der Waals surface area contributed by atoms with Gasteiger partial charge in [-0.3, -0.25) is 4.79 Å². The molecule has 1 aliphatic rings. The number of hydrogen-bond acceptors (Lipinski definition) is 5. The van der Waals surface area contributed by atoms with E-state index in [2.05, 4.69) is 20.2 Å². The second kappa shape index (κ2) is 6.38. The number of rotatable bonds is 4. The summed E-state index contributed by atoms with van der Waals surface area (Å²) < 4.78 is 12.9. The molecule has 0 atom stereocenters. The summed E-state index contributed by atoms with van der Waals surface area (Å²) in [6.45, 7) is 2.86. The summed E-state index contributed by atoms with van der Waals surface area (Å²) >= 11 is 0. The molecular formula is C15H16FN5O. The van der Waals surface area contributed by atoms with E-state index in [9.17, 15) is 9.18 Å². The summed E-state index contributed by atoms with van der Waals surface area (Å²) in [7, 11) is 0. The highest BCUT2D eigenvalue weighted by Crippen LogP contribution is 2.17. The lowest BCUT2D eigenvalue weighted by atomic mass is 10.3. The highest BCUT2D eigenvalue weighted by atomic mass is 19.1. The molecule has 1 aromatic carbocycles. The Morgan fingerprint density at radius 3 is 2.50 bits per heavy atom. The number of carbonyl (C=O) groups is 1. The molecule has 114 valence electrons. The molecule has 0 radical (unpaired) electrons. The second-order valence-electron chi connectivity index (χ2n) is 5.00. The van der Waals surface area contributed by atoms with E-state index in [0.717, 1.165) is 31.0 Å². The lowest BCUT2D eigenvalue weighted by molar-refractivity contribution is -0.118. The first-order valence-electron chi connectivity index (χ1n) is 7.04. The van der Waals surface area contributed by atoms with Gasteiger partial charge in [-0.2, -0.15) is 4.98 Å². The average Bonchev–Trinajstić information content (AvgIpc) is 2.57. The minimum atomic E-state index is -0.284. The molecule has 22 heavy (non-hydrogen) atoms. The molecule has 6 nitrogen and oxygen atoms in total. The van der Waals surface area contributed by atoms with Crippen LogP contribution < -0.4 is 10.2 Å². The number of anilines is 3. The number of amides is 1. The van der Waals surface area contributed by atoms with Gasteiger partial charge in [0.2, 0.25) is 12.4 Å². The van der Waals surface area contributed by atoms with Crippen LogP contribution in [0.1, 0.15) is 0 Å². The van der Waals surface area contributed by atoms with Crippen molar-refractivity contribution >= 4 is 23.9 Å². The van der Waals surface area contributed by atoms with Crippen molar-refractivity contribution in [1.82, 2.24) is 14.9 Å². The molecule has 1 aliphatic heterocycles. The van der Waals surface area contributed by atoms with E-state index in [4.69, 9.17) is 0 Å². The van der Waals surface area contributed by atoms with Gasteiger partial charge in [0.15, 0.2) is 0 Å². The Balaban J connectivity index is 1.70. The number of carbonyl (C=O) groups excluding carboxylic acids is 1. The van der Waals surface area contributed by atoms with E-state index in [1.54, 1.807) is 23.2 Å². The fourth-order valence-electron chi connectivity index (χ4n) is 2.30. The molecule has 0 aliphatic carbocycles. The Bertz CT molecular complexity index is 641. The van der Waals surface area contributed by atoms with Gasteiger partial charge in [0.05, 0.1) is 0 Å². The van der Waals surface area contributed by atoms with Crippen molar-refractivity contribution in [3.05, 3.63) is 42.3 Å². The maximum absolute atomic E-state index is 12.9. The fraction of sp³-hybridized carbons (Fsp3) is 0.267. The van der Waals surface area contributed by atoms with E-state index in [0.29, 0.717) is 19.0 Å². The Kier molecular flexibility index (Phi) is 4.13. The van der Waals surface area contributed by atoms with Gasteiger partial charge in [0.25, 0.3) is 0 Å². The van der Waals surface area contributed by atoms with Gasteiger partial charge in [-0.1, -0.05) is 0 Å². The SMILES string of the molecule is O=CN1CCN(c2ccnc(Nc3ccc(F)cc3)n2)CC1. The van der Waals surface area contributed by atoms with E-state index in [1.165, 1.54) is 12.1 Å². The van der Waals surface area contributed by atoms with Crippen LogP contribution in [0.3, 0.4) is 0 Å². The van der Waals surface area contributed by atoms with Crippen LogP contribution in [0.5, 0.6) is 0 Å². The summed E-state index contributed by atoms with van der Waals surface area (Å²) in [5.41, 5.74) is 0.726. The van der Waals surface area contributed by atoms with Crippen molar-refractivity contribution < 1.29 is 9.18 Å². The number of halogens is 1. The molecular weight excluding hydrogens is 285 g/mol. The molecule has 1 N–H and O–H groups in total. The molecule has 2 heterocycles. The third-order valence-corrected chi connectivity index (χ3v) is 3.53. The zero-order valence-electron chi connectivity index (χ0n) is 11.9. The predicted molar refractivity (Wildman–Crippen MR) is 81.6 cm³/mol. The molecule has 3 rings (SSSR count). The average molecular weight is 301 g/mol. The van der Waals surface area contributed by atoms with Gasteiger partial charge < -0.3 is 15.1 Å². The Hall–Kier alpha value is -2.70. The van der Waals surface area contributed by atoms with Crippen LogP contribution in [0.2, 0.25) is 0 Å². The van der Waals surface area contributed by atoms with Crippen LogP contribution in [-0.4, -0.2) is 47.5 Å². The lowest BCUT2D eigenvalue weighted by Gasteiger charge is -2.33. The Morgan fingerprint density at radius 2 is 1.82 bits per heavy atom. The van der Waals surface area contributed by atoms with Crippen LogP contribution in [0.25, 0.3) is 0 Å². The molecule has 1 fully saturated rings. The number of nitrogens with one attached hydrogen (secondary N) is 1. The first-order chi connectivity index (χ1) is 10.7. The predicted octanol–water partition coefficient (Wildman–Crippen LogP) is 1.64. The number of nitrogens with zero attached hydrogens (tertiary/aromatic N) is 4. The van der Waals surface area contributed by atoms with Crippen molar-refractivity contribution in [2.75, 3.05) is 36.4 Å². The first kappa shape index (κ1) is 14.2. The van der Waals surface area contributed by atoms with Crippen molar-refractivity contribution in [2.45, 2.75) is 0 Å². The van der Waals surface area contributed by atoms with Crippen molar-refractivity contribution in [3.8, 4) is 0 Å². The van der Waals surface area contributed by atoms with E-state index < -0.39 is 0 Å². The third kappa shape index (κ3) is 3.30. The summed E-state index contributed by atoms with van der Waals surface area (Å²) in [5.74, 6) is 0.986. The molecule has 0 saturated carbocycles. The lowest BCUT2D eigenvalue weighted by Crippen LogP contribution is -2.46. The molecule has 1 saturated heterocycles. The molecule has 7 heteroatoms. The monoisotopic (exact) mass is 301 g/mol. The zero-order chi connectivity index (χ0) is 15.4. The topological polar surface area (TPSA) is 61.4 Å². The van der Waals surface area contributed by atoms with Gasteiger partial charge in [-0.15, -0.1) is 0 Å². The van der Waals surface area contributed by atoms with Gasteiger partial charge in [-0.05, 0) is 30.3 Å². The summed E-state index contributed by atoms with van der Waals surface area (Å²) in [5, 5.41) is 3.05. The Morgan fingerprint density at radius 1 is 1.09 bits per heavy atom. The van der Waals surface area contributed by atoms with Crippen molar-refractivity contribution in [2.24, 2.45) is 0 Å². The van der Waals surface area contributed by atoms with Gasteiger partial charge in [-0.25, -0.2) is 9.37 Å². The molecule has 1 amide bonds. The van der Waals surface area contributed by atoms with Crippen molar-refractivity contribution in [3.63, 3.8) is 0 Å².